The molecule has 2 heterocycles. The van der Waals surface area contributed by atoms with Crippen LogP contribution in [0, 0.1) is 0 Å². The molecule has 1 N–H and O–H groups in total. The number of hydrogen-bond donors (Lipinski definition) is 1. The Labute approximate surface area is 178 Å². The zero-order chi connectivity index (χ0) is 18.1. The third-order valence-electron chi connectivity index (χ3n) is 4.35. The molecule has 0 saturated carbocycles. The van der Waals surface area contributed by atoms with E-state index in [0.29, 0.717) is 13.0 Å². The summed E-state index contributed by atoms with van der Waals surface area (Å²) in [5, 5.41) is 5.42. The van der Waals surface area contributed by atoms with Gasteiger partial charge in [-0.25, -0.2) is 0 Å². The molecule has 0 aromatic carbocycles. The van der Waals surface area contributed by atoms with Crippen LogP contribution in [0.2, 0.25) is 0 Å². The highest BCUT2D eigenvalue weighted by molar-refractivity contribution is 14.0. The number of carbonyl (C=O) groups excluding carboxylic acids is 1. The first-order chi connectivity index (χ1) is 12.2. The fraction of sp³-hybridized carbons (Fsp3) is 0.579. The van der Waals surface area contributed by atoms with E-state index >= 15 is 0 Å². The molecule has 5 nitrogen and oxygen atoms in total. The number of allylic oxidation sites excluding steroid dienone is 1. The third-order valence-corrected chi connectivity index (χ3v) is 5.37. The summed E-state index contributed by atoms with van der Waals surface area (Å²) in [6.07, 6.45) is 5.45. The van der Waals surface area contributed by atoms with Gasteiger partial charge in [-0.1, -0.05) is 6.08 Å². The lowest BCUT2D eigenvalue weighted by Gasteiger charge is -2.27. The number of hydrogen-bond acceptors (Lipinski definition) is 3. The summed E-state index contributed by atoms with van der Waals surface area (Å²) < 4.78 is 0. The van der Waals surface area contributed by atoms with E-state index in [1.54, 1.807) is 11.3 Å². The predicted molar refractivity (Wildman–Crippen MR) is 122 cm³/mol. The summed E-state index contributed by atoms with van der Waals surface area (Å²) >= 11 is 1.80. The average Bonchev–Trinajstić information content (AvgIpc) is 3.08. The fourth-order valence-corrected chi connectivity index (χ4v) is 3.81. The van der Waals surface area contributed by atoms with Crippen molar-refractivity contribution in [3.63, 3.8) is 0 Å². The predicted octanol–water partition coefficient (Wildman–Crippen LogP) is 3.50. The van der Waals surface area contributed by atoms with Gasteiger partial charge in [-0.3, -0.25) is 9.79 Å². The summed E-state index contributed by atoms with van der Waals surface area (Å²) in [4.78, 5) is 22.6. The van der Waals surface area contributed by atoms with E-state index in [4.69, 9.17) is 0 Å². The molecule has 7 heteroatoms. The van der Waals surface area contributed by atoms with Crippen LogP contribution in [0.15, 0.2) is 29.1 Å². The molecule has 1 aromatic heterocycles. The summed E-state index contributed by atoms with van der Waals surface area (Å²) in [6.45, 7) is 9.68. The summed E-state index contributed by atoms with van der Waals surface area (Å²) in [5.74, 6) is 1.07. The lowest BCUT2D eigenvalue weighted by atomic mass is 10.1. The first-order valence-electron chi connectivity index (χ1n) is 9.09. The SMILES string of the molecule is C=CCCCN(C)C(=NCCC(=O)N1CCc2sccc2C1)NCC.I. The second kappa shape index (κ2) is 12.3. The van der Waals surface area contributed by atoms with Crippen molar-refractivity contribution >= 4 is 47.2 Å². The van der Waals surface area contributed by atoms with Crippen molar-refractivity contribution in [3.8, 4) is 0 Å². The molecule has 0 spiro atoms. The number of aliphatic imine (C=N–C) groups is 1. The van der Waals surface area contributed by atoms with Crippen LogP contribution >= 0.6 is 35.3 Å². The molecule has 146 valence electrons. The highest BCUT2D eigenvalue weighted by Crippen LogP contribution is 2.24. The molecule has 2 rings (SSSR count). The number of thiophene rings is 1. The van der Waals surface area contributed by atoms with Gasteiger partial charge >= 0.3 is 0 Å². The lowest BCUT2D eigenvalue weighted by molar-refractivity contribution is -0.131. The highest BCUT2D eigenvalue weighted by atomic mass is 127. The Kier molecular flexibility index (Phi) is 10.9. The van der Waals surface area contributed by atoms with Gasteiger partial charge < -0.3 is 15.1 Å². The van der Waals surface area contributed by atoms with E-state index in [1.165, 1.54) is 10.4 Å². The largest absolute Gasteiger partial charge is 0.357 e. The smallest absolute Gasteiger partial charge is 0.224 e. The van der Waals surface area contributed by atoms with Crippen molar-refractivity contribution in [2.75, 3.05) is 33.2 Å². The van der Waals surface area contributed by atoms with Crippen LogP contribution in [0.5, 0.6) is 0 Å². The topological polar surface area (TPSA) is 47.9 Å². The monoisotopic (exact) mass is 490 g/mol. The normalized spacial score (nSPS) is 13.6. The van der Waals surface area contributed by atoms with Crippen LogP contribution in [-0.2, 0) is 17.8 Å². The molecule has 1 amide bonds. The van der Waals surface area contributed by atoms with E-state index < -0.39 is 0 Å². The van der Waals surface area contributed by atoms with Crippen LogP contribution in [0.4, 0.5) is 0 Å². The van der Waals surface area contributed by atoms with Gasteiger partial charge in [0.1, 0.15) is 0 Å². The van der Waals surface area contributed by atoms with Crippen molar-refractivity contribution in [2.45, 2.75) is 39.2 Å². The number of amides is 1. The van der Waals surface area contributed by atoms with Gasteiger partial charge in [0, 0.05) is 44.5 Å². The minimum atomic E-state index is 0. The van der Waals surface area contributed by atoms with E-state index in [1.807, 2.05) is 18.0 Å². The molecule has 0 radical (unpaired) electrons. The Morgan fingerprint density at radius 2 is 2.35 bits per heavy atom. The number of nitrogens with zero attached hydrogens (tertiary/aromatic N) is 3. The zero-order valence-corrected chi connectivity index (χ0v) is 19.0. The number of halogens is 1. The van der Waals surface area contributed by atoms with Crippen LogP contribution in [0.3, 0.4) is 0 Å². The van der Waals surface area contributed by atoms with Crippen molar-refractivity contribution in [1.29, 1.82) is 0 Å². The first-order valence-corrected chi connectivity index (χ1v) is 9.97. The Balaban J connectivity index is 0.00000338. The van der Waals surface area contributed by atoms with Gasteiger partial charge in [0.2, 0.25) is 5.91 Å². The molecule has 0 fully saturated rings. The molecular weight excluding hydrogens is 459 g/mol. The van der Waals surface area contributed by atoms with E-state index in [-0.39, 0.29) is 29.9 Å². The number of rotatable bonds is 8. The summed E-state index contributed by atoms with van der Waals surface area (Å²) in [6, 6.07) is 2.14. The third kappa shape index (κ3) is 6.90. The van der Waals surface area contributed by atoms with E-state index in [0.717, 1.165) is 51.4 Å². The Morgan fingerprint density at radius 1 is 1.54 bits per heavy atom. The van der Waals surface area contributed by atoms with Gasteiger partial charge in [0.05, 0.1) is 6.54 Å². The molecule has 1 aromatic rings. The Hall–Kier alpha value is -1.09. The minimum absolute atomic E-state index is 0. The van der Waals surface area contributed by atoms with Crippen molar-refractivity contribution < 1.29 is 4.79 Å². The number of unbranched alkanes of at least 4 members (excludes halogenated alkanes) is 1. The lowest BCUT2D eigenvalue weighted by Crippen LogP contribution is -2.40. The molecule has 0 saturated heterocycles. The van der Waals surface area contributed by atoms with Gasteiger partial charge in [-0.2, -0.15) is 0 Å². The van der Waals surface area contributed by atoms with Crippen molar-refractivity contribution in [3.05, 3.63) is 34.5 Å². The fourth-order valence-electron chi connectivity index (χ4n) is 2.93. The molecule has 1 aliphatic rings. The summed E-state index contributed by atoms with van der Waals surface area (Å²) in [7, 11) is 2.04. The number of fused-ring (bicyclic) bond motifs is 1. The average molecular weight is 490 g/mol. The van der Waals surface area contributed by atoms with Gasteiger partial charge in [-0.15, -0.1) is 41.9 Å². The molecule has 0 bridgehead atoms. The maximum absolute atomic E-state index is 12.5. The molecule has 0 aliphatic carbocycles. The number of nitrogens with one attached hydrogen (secondary N) is 1. The zero-order valence-electron chi connectivity index (χ0n) is 15.9. The van der Waals surface area contributed by atoms with Crippen molar-refractivity contribution in [1.82, 2.24) is 15.1 Å². The maximum atomic E-state index is 12.5. The maximum Gasteiger partial charge on any atom is 0.224 e. The first kappa shape index (κ1) is 23.0. The number of carbonyl (C=O) groups is 1. The van der Waals surface area contributed by atoms with E-state index in [2.05, 4.69) is 40.2 Å². The molecule has 1 aliphatic heterocycles. The highest BCUT2D eigenvalue weighted by Gasteiger charge is 2.21. The van der Waals surface area contributed by atoms with Crippen molar-refractivity contribution in [2.24, 2.45) is 4.99 Å². The second-order valence-corrected chi connectivity index (χ2v) is 7.27. The molecule has 26 heavy (non-hydrogen) atoms. The Bertz CT molecular complexity index is 602. The van der Waals surface area contributed by atoms with Crippen LogP contribution < -0.4 is 5.32 Å². The minimum Gasteiger partial charge on any atom is -0.357 e. The van der Waals surface area contributed by atoms with Crippen LogP contribution in [-0.4, -0.2) is 54.9 Å². The van der Waals surface area contributed by atoms with Gasteiger partial charge in [0.15, 0.2) is 5.96 Å². The van der Waals surface area contributed by atoms with Crippen LogP contribution in [0.1, 0.15) is 36.6 Å². The second-order valence-electron chi connectivity index (χ2n) is 6.27. The van der Waals surface area contributed by atoms with Gasteiger partial charge in [0.25, 0.3) is 0 Å². The van der Waals surface area contributed by atoms with Gasteiger partial charge in [-0.05, 0) is 43.2 Å². The molecular formula is C19H31IN4OS. The number of guanidine groups is 1. The standard InChI is InChI=1S/C19H30N4OS.HI/c1-4-6-7-12-22(3)19(20-5-2)21-11-8-18(24)23-13-9-17-16(15-23)10-14-25-17;/h4,10,14H,1,5-9,11-13,15H2,2-3H3,(H,20,21);1H. The molecule has 0 atom stereocenters. The van der Waals surface area contributed by atoms with Crippen LogP contribution in [0.25, 0.3) is 0 Å². The molecule has 0 unspecified atom stereocenters. The van der Waals surface area contributed by atoms with E-state index in [9.17, 15) is 4.79 Å². The Morgan fingerprint density at radius 3 is 3.08 bits per heavy atom. The summed E-state index contributed by atoms with van der Waals surface area (Å²) in [5.41, 5.74) is 1.31. The quantitative estimate of drug-likeness (QED) is 0.200.